The van der Waals surface area contributed by atoms with Gasteiger partial charge in [0.1, 0.15) is 5.65 Å². The first kappa shape index (κ1) is 14.3. The van der Waals surface area contributed by atoms with Gasteiger partial charge in [-0.05, 0) is 66.3 Å². The highest BCUT2D eigenvalue weighted by Gasteiger charge is 2.61. The first-order valence-electron chi connectivity index (χ1n) is 9.13. The van der Waals surface area contributed by atoms with Gasteiger partial charge < -0.3 is 4.40 Å². The number of imidazole rings is 1. The number of rotatable bonds is 2. The van der Waals surface area contributed by atoms with Crippen molar-refractivity contribution in [3.8, 4) is 0 Å². The molecular formula is C22H24N2. The molecule has 0 amide bonds. The summed E-state index contributed by atoms with van der Waals surface area (Å²) in [6, 6.07) is 13.2. The molecule has 0 radical (unpaired) electrons. The molecule has 0 spiro atoms. The summed E-state index contributed by atoms with van der Waals surface area (Å²) in [5.74, 6) is 1.14. The van der Waals surface area contributed by atoms with Crippen molar-refractivity contribution < 1.29 is 0 Å². The number of hydrogen-bond acceptors (Lipinski definition) is 1. The van der Waals surface area contributed by atoms with Crippen molar-refractivity contribution in [2.75, 3.05) is 0 Å². The summed E-state index contributed by atoms with van der Waals surface area (Å²) in [6.07, 6.45) is 5.96. The second-order valence-corrected chi connectivity index (χ2v) is 8.13. The van der Waals surface area contributed by atoms with Gasteiger partial charge in [0.05, 0.1) is 5.69 Å². The van der Waals surface area contributed by atoms with Crippen LogP contribution in [-0.4, -0.2) is 9.38 Å². The van der Waals surface area contributed by atoms with Crippen molar-refractivity contribution in [3.05, 3.63) is 70.7 Å². The van der Waals surface area contributed by atoms with E-state index in [1.54, 1.807) is 16.7 Å². The van der Waals surface area contributed by atoms with Crippen molar-refractivity contribution in [1.29, 1.82) is 0 Å². The van der Waals surface area contributed by atoms with Crippen LogP contribution in [0.4, 0.5) is 0 Å². The maximum Gasteiger partial charge on any atom is 0.137 e. The molecular weight excluding hydrogens is 292 g/mol. The average molecular weight is 316 g/mol. The van der Waals surface area contributed by atoms with Crippen molar-refractivity contribution in [2.45, 2.75) is 51.9 Å². The molecule has 2 aliphatic carbocycles. The Hall–Kier alpha value is -2.09. The van der Waals surface area contributed by atoms with E-state index in [1.807, 2.05) is 0 Å². The molecule has 122 valence electrons. The minimum absolute atomic E-state index is 0.292. The molecule has 1 saturated carbocycles. The van der Waals surface area contributed by atoms with Gasteiger partial charge in [-0.2, -0.15) is 0 Å². The van der Waals surface area contributed by atoms with Gasteiger partial charge in [0.25, 0.3) is 0 Å². The van der Waals surface area contributed by atoms with Gasteiger partial charge in [0, 0.05) is 17.8 Å². The fraction of sp³-hybridized carbons (Fsp3) is 0.409. The quantitative estimate of drug-likeness (QED) is 0.647. The van der Waals surface area contributed by atoms with Crippen LogP contribution in [0.2, 0.25) is 0 Å². The second kappa shape index (κ2) is 4.72. The molecule has 0 N–H and O–H groups in total. The van der Waals surface area contributed by atoms with Gasteiger partial charge in [0.2, 0.25) is 0 Å². The van der Waals surface area contributed by atoms with Crippen LogP contribution in [0.5, 0.6) is 0 Å². The summed E-state index contributed by atoms with van der Waals surface area (Å²) in [5.41, 5.74) is 8.78. The van der Waals surface area contributed by atoms with E-state index in [0.717, 1.165) is 5.65 Å². The molecule has 1 aromatic carbocycles. The average Bonchev–Trinajstić information content (AvgIpc) is 2.94. The topological polar surface area (TPSA) is 17.3 Å². The molecule has 0 aliphatic heterocycles. The Labute approximate surface area is 143 Å². The molecule has 0 unspecified atom stereocenters. The number of pyridine rings is 1. The lowest BCUT2D eigenvalue weighted by atomic mass is 9.95. The minimum Gasteiger partial charge on any atom is -0.304 e. The van der Waals surface area contributed by atoms with E-state index in [1.165, 1.54) is 30.7 Å². The lowest BCUT2D eigenvalue weighted by molar-refractivity contribution is 0.596. The maximum atomic E-state index is 5.00. The normalized spacial score (nSPS) is 24.3. The van der Waals surface area contributed by atoms with Crippen molar-refractivity contribution in [1.82, 2.24) is 9.38 Å². The number of hydrogen-bond donors (Lipinski definition) is 0. The van der Waals surface area contributed by atoms with E-state index < -0.39 is 0 Å². The zero-order valence-electron chi connectivity index (χ0n) is 14.7. The summed E-state index contributed by atoms with van der Waals surface area (Å²) in [5, 5.41) is 0. The third-order valence-electron chi connectivity index (χ3n) is 6.44. The molecule has 3 aromatic rings. The van der Waals surface area contributed by atoms with Crippen LogP contribution in [-0.2, 0) is 12.8 Å². The largest absolute Gasteiger partial charge is 0.304 e. The van der Waals surface area contributed by atoms with Crippen LogP contribution < -0.4 is 0 Å². The number of nitrogens with zero attached hydrogens (tertiary/aromatic N) is 2. The molecule has 0 bridgehead atoms. The molecule has 2 heterocycles. The van der Waals surface area contributed by atoms with Gasteiger partial charge in [-0.15, -0.1) is 0 Å². The predicted octanol–water partition coefficient (Wildman–Crippen LogP) is 5.04. The summed E-state index contributed by atoms with van der Waals surface area (Å²) >= 11 is 0. The Balaban J connectivity index is 1.62. The zero-order valence-corrected chi connectivity index (χ0v) is 14.7. The number of benzene rings is 1. The highest BCUT2D eigenvalue weighted by Crippen LogP contribution is 2.70. The SMILES string of the molecule is Cc1c([C@@H]2[C@@H](c3cccc4c3CCC4)C2(C)C)nc2ccccn12. The van der Waals surface area contributed by atoms with Crippen molar-refractivity contribution >= 4 is 5.65 Å². The van der Waals surface area contributed by atoms with E-state index in [-0.39, 0.29) is 0 Å². The molecule has 24 heavy (non-hydrogen) atoms. The van der Waals surface area contributed by atoms with E-state index in [2.05, 4.69) is 67.8 Å². The molecule has 2 atom stereocenters. The summed E-state index contributed by atoms with van der Waals surface area (Å²) < 4.78 is 2.23. The Morgan fingerprint density at radius 1 is 1.04 bits per heavy atom. The predicted molar refractivity (Wildman–Crippen MR) is 97.7 cm³/mol. The lowest BCUT2D eigenvalue weighted by Crippen LogP contribution is -1.95. The van der Waals surface area contributed by atoms with Crippen LogP contribution in [0.15, 0.2) is 42.6 Å². The third-order valence-corrected chi connectivity index (χ3v) is 6.44. The van der Waals surface area contributed by atoms with E-state index >= 15 is 0 Å². The molecule has 2 heteroatoms. The summed E-state index contributed by atoms with van der Waals surface area (Å²) in [6.45, 7) is 7.05. The van der Waals surface area contributed by atoms with E-state index in [4.69, 9.17) is 4.98 Å². The first-order valence-corrected chi connectivity index (χ1v) is 9.13. The van der Waals surface area contributed by atoms with Crippen molar-refractivity contribution in [2.24, 2.45) is 5.41 Å². The molecule has 2 aromatic heterocycles. The highest BCUT2D eigenvalue weighted by atomic mass is 15.0. The number of aromatic nitrogens is 2. The molecule has 0 saturated heterocycles. The first-order chi connectivity index (χ1) is 11.6. The van der Waals surface area contributed by atoms with Crippen LogP contribution in [0.25, 0.3) is 5.65 Å². The van der Waals surface area contributed by atoms with Gasteiger partial charge >= 0.3 is 0 Å². The Kier molecular flexibility index (Phi) is 2.81. The monoisotopic (exact) mass is 316 g/mol. The van der Waals surface area contributed by atoms with Crippen LogP contribution >= 0.6 is 0 Å². The number of aryl methyl sites for hydroxylation is 2. The minimum atomic E-state index is 0.292. The molecule has 5 rings (SSSR count). The Bertz CT molecular complexity index is 948. The summed E-state index contributed by atoms with van der Waals surface area (Å²) in [4.78, 5) is 5.00. The number of fused-ring (bicyclic) bond motifs is 2. The van der Waals surface area contributed by atoms with Gasteiger partial charge in [0.15, 0.2) is 0 Å². The smallest absolute Gasteiger partial charge is 0.137 e. The second-order valence-electron chi connectivity index (χ2n) is 8.13. The van der Waals surface area contributed by atoms with Gasteiger partial charge in [-0.25, -0.2) is 4.98 Å². The fourth-order valence-corrected chi connectivity index (χ4v) is 5.10. The highest BCUT2D eigenvalue weighted by molar-refractivity contribution is 5.52. The lowest BCUT2D eigenvalue weighted by Gasteiger charge is -2.09. The van der Waals surface area contributed by atoms with Crippen LogP contribution in [0, 0.1) is 12.3 Å². The van der Waals surface area contributed by atoms with E-state index in [0.29, 0.717) is 17.3 Å². The Morgan fingerprint density at radius 3 is 2.75 bits per heavy atom. The Morgan fingerprint density at radius 2 is 1.92 bits per heavy atom. The zero-order chi connectivity index (χ0) is 16.5. The molecule has 1 fully saturated rings. The standard InChI is InChI=1S/C22H24N2/c1-14-21(23-18-12-4-5-13-24(14)18)20-19(22(20,2)3)17-11-7-9-15-8-6-10-16(15)17/h4-5,7,9,11-13,19-20H,6,8,10H2,1-3H3/t19-,20+/m1/s1. The molecule has 2 aliphatic rings. The molecule has 2 nitrogen and oxygen atoms in total. The maximum absolute atomic E-state index is 5.00. The van der Waals surface area contributed by atoms with Crippen molar-refractivity contribution in [3.63, 3.8) is 0 Å². The van der Waals surface area contributed by atoms with Crippen LogP contribution in [0.3, 0.4) is 0 Å². The fourth-order valence-electron chi connectivity index (χ4n) is 5.10. The van der Waals surface area contributed by atoms with E-state index in [9.17, 15) is 0 Å². The summed E-state index contributed by atoms with van der Waals surface area (Å²) in [7, 11) is 0. The van der Waals surface area contributed by atoms with Gasteiger partial charge in [-0.1, -0.05) is 38.1 Å². The van der Waals surface area contributed by atoms with Crippen LogP contribution in [0.1, 0.15) is 60.2 Å². The third kappa shape index (κ3) is 1.80. The van der Waals surface area contributed by atoms with Gasteiger partial charge in [-0.3, -0.25) is 0 Å².